The van der Waals surface area contributed by atoms with E-state index in [0.29, 0.717) is 6.04 Å². The van der Waals surface area contributed by atoms with Crippen molar-refractivity contribution < 1.29 is 4.74 Å². The first kappa shape index (κ1) is 37.2. The maximum absolute atomic E-state index is 6.98. The van der Waals surface area contributed by atoms with Gasteiger partial charge in [0.05, 0.1) is 22.5 Å². The van der Waals surface area contributed by atoms with Crippen LogP contribution in [0.25, 0.3) is 0 Å². The molecule has 0 unspecified atom stereocenters. The van der Waals surface area contributed by atoms with Crippen LogP contribution in [0.15, 0.2) is 77.9 Å². The van der Waals surface area contributed by atoms with Gasteiger partial charge in [-0.1, -0.05) is 105 Å². The number of aryl methyl sites for hydroxylation is 2. The zero-order valence-corrected chi connectivity index (χ0v) is 34.7. The number of ether oxygens (including phenoxy) is 1. The van der Waals surface area contributed by atoms with Gasteiger partial charge < -0.3 is 9.64 Å². The van der Waals surface area contributed by atoms with Gasteiger partial charge in [-0.3, -0.25) is 9.89 Å². The Labute approximate surface area is 319 Å². The number of nitrogens with zero attached hydrogens (tertiary/aromatic N) is 4. The molecular weight excluding hydrogens is 649 g/mol. The van der Waals surface area contributed by atoms with E-state index in [1.54, 1.807) is 0 Å². The minimum absolute atomic E-state index is 0.00353. The van der Waals surface area contributed by atoms with Crippen LogP contribution < -0.4 is 9.64 Å². The van der Waals surface area contributed by atoms with Crippen LogP contribution in [-0.2, 0) is 10.8 Å². The molecule has 1 aromatic heterocycles. The number of fused-ring (bicyclic) bond motifs is 2. The molecule has 7 rings (SSSR count). The molecule has 5 nitrogen and oxygen atoms in total. The third-order valence-corrected chi connectivity index (χ3v) is 13.3. The number of amidine groups is 1. The summed E-state index contributed by atoms with van der Waals surface area (Å²) >= 11 is 0. The maximum Gasteiger partial charge on any atom is 0.137 e. The number of pyridine rings is 1. The van der Waals surface area contributed by atoms with E-state index in [9.17, 15) is 0 Å². The van der Waals surface area contributed by atoms with Crippen molar-refractivity contribution in [3.8, 4) is 11.5 Å². The van der Waals surface area contributed by atoms with Gasteiger partial charge >= 0.3 is 0 Å². The molecule has 0 spiro atoms. The van der Waals surface area contributed by atoms with Crippen LogP contribution in [-0.4, -0.2) is 32.8 Å². The van der Waals surface area contributed by atoms with E-state index in [0.717, 1.165) is 40.1 Å². The van der Waals surface area contributed by atoms with Crippen LogP contribution in [0.2, 0.25) is 0 Å². The number of aromatic nitrogens is 1. The summed E-state index contributed by atoms with van der Waals surface area (Å²) < 4.78 is 6.98. The van der Waals surface area contributed by atoms with E-state index < -0.39 is 0 Å². The highest BCUT2D eigenvalue weighted by molar-refractivity contribution is 6.03. The van der Waals surface area contributed by atoms with Crippen LogP contribution >= 0.6 is 0 Å². The molecular formula is C48H62N4O. The minimum atomic E-state index is -0.269. The summed E-state index contributed by atoms with van der Waals surface area (Å²) in [6, 6.07) is 24.8. The topological polar surface area (TPSA) is 41.0 Å². The number of para-hydroxylation sites is 1. The monoisotopic (exact) mass is 710 g/mol. The lowest BCUT2D eigenvalue weighted by atomic mass is 9.64. The predicted octanol–water partition coefficient (Wildman–Crippen LogP) is 12.9. The van der Waals surface area contributed by atoms with E-state index in [1.807, 2.05) is 6.20 Å². The Morgan fingerprint density at radius 2 is 1.42 bits per heavy atom. The largest absolute Gasteiger partial charge is 0.457 e. The molecule has 3 heterocycles. The predicted molar refractivity (Wildman–Crippen MR) is 223 cm³/mol. The van der Waals surface area contributed by atoms with Crippen molar-refractivity contribution in [2.75, 3.05) is 4.90 Å². The van der Waals surface area contributed by atoms with Crippen LogP contribution in [0.5, 0.6) is 11.5 Å². The average molecular weight is 711 g/mol. The first-order chi connectivity index (χ1) is 24.8. The van der Waals surface area contributed by atoms with Gasteiger partial charge in [0.25, 0.3) is 0 Å². The van der Waals surface area contributed by atoms with Gasteiger partial charge in [0.15, 0.2) is 0 Å². The quantitative estimate of drug-likeness (QED) is 0.207. The van der Waals surface area contributed by atoms with Gasteiger partial charge in [0.1, 0.15) is 23.2 Å². The SMILES string of the molecule is Cc1cc(C)c(C2=N[C@](C)(C(C)(C)C)C(C)(C)N2C2CCCCC2)cc1Oc1ccc2c(c1)N(c1cc(C(C)(C)C)ccn1)c1ccccc1C2(C)C. The van der Waals surface area contributed by atoms with E-state index in [1.165, 1.54) is 59.9 Å². The first-order valence-electron chi connectivity index (χ1n) is 19.9. The molecule has 1 fully saturated rings. The van der Waals surface area contributed by atoms with Crippen molar-refractivity contribution >= 4 is 23.0 Å². The smallest absolute Gasteiger partial charge is 0.137 e. The fourth-order valence-corrected chi connectivity index (χ4v) is 9.47. The molecule has 0 amide bonds. The second-order valence-electron chi connectivity index (χ2n) is 19.3. The standard InChI is InChI=1S/C48H62N4O/c1-31-27-32(2)41(30-36(31)43-50-48(13,45(6,7)8)47(11,12)52(43)34-19-15-14-16-20-34)53-35-23-24-38-40(29-35)51(39-22-18-17-21-37(39)46(38,9)10)42-28-33(25-26-49-42)44(3,4)5/h17-18,21-30,34H,14-16,19-20H2,1-13H3/t48-/m1/s1. The first-order valence-corrected chi connectivity index (χ1v) is 19.9. The molecule has 53 heavy (non-hydrogen) atoms. The highest BCUT2D eigenvalue weighted by atomic mass is 16.5. The molecule has 0 N–H and O–H groups in total. The summed E-state index contributed by atoms with van der Waals surface area (Å²) in [7, 11) is 0. The van der Waals surface area contributed by atoms with Gasteiger partial charge in [-0.05, 0) is 116 Å². The van der Waals surface area contributed by atoms with Crippen molar-refractivity contribution in [3.05, 3.63) is 106 Å². The molecule has 4 aromatic rings. The van der Waals surface area contributed by atoms with Crippen molar-refractivity contribution in [2.45, 2.75) is 150 Å². The molecule has 3 aliphatic rings. The second kappa shape index (κ2) is 12.7. The summed E-state index contributed by atoms with van der Waals surface area (Å²) in [6.45, 7) is 30.1. The number of rotatable bonds is 5. The Balaban J connectivity index is 1.34. The lowest BCUT2D eigenvalue weighted by Gasteiger charge is -2.52. The van der Waals surface area contributed by atoms with Crippen LogP contribution in [0.1, 0.15) is 142 Å². The number of anilines is 3. The Hall–Kier alpha value is -4.12. The zero-order chi connectivity index (χ0) is 38.3. The fourth-order valence-electron chi connectivity index (χ4n) is 9.47. The Morgan fingerprint density at radius 3 is 2.09 bits per heavy atom. The summed E-state index contributed by atoms with van der Waals surface area (Å²) in [6.07, 6.45) is 8.28. The van der Waals surface area contributed by atoms with Gasteiger partial charge in [0.2, 0.25) is 0 Å². The normalized spacial score (nSPS) is 21.3. The van der Waals surface area contributed by atoms with Crippen molar-refractivity contribution in [1.82, 2.24) is 9.88 Å². The van der Waals surface area contributed by atoms with Crippen LogP contribution in [0, 0.1) is 19.3 Å². The number of aliphatic imine (C=N–C) groups is 1. The van der Waals surface area contributed by atoms with E-state index in [-0.39, 0.29) is 27.3 Å². The molecule has 1 aliphatic carbocycles. The number of hydrogen-bond donors (Lipinski definition) is 0. The zero-order valence-electron chi connectivity index (χ0n) is 34.7. The van der Waals surface area contributed by atoms with Gasteiger partial charge in [-0.2, -0.15) is 0 Å². The van der Waals surface area contributed by atoms with E-state index in [2.05, 4.69) is 167 Å². The molecule has 0 radical (unpaired) electrons. The van der Waals surface area contributed by atoms with Gasteiger partial charge in [-0.15, -0.1) is 0 Å². The number of hydrogen-bond acceptors (Lipinski definition) is 5. The summed E-state index contributed by atoms with van der Waals surface area (Å²) in [5, 5.41) is 0. The Bertz CT molecular complexity index is 2070. The maximum atomic E-state index is 6.98. The van der Waals surface area contributed by atoms with E-state index >= 15 is 0 Å². The number of benzene rings is 3. The summed E-state index contributed by atoms with van der Waals surface area (Å²) in [4.78, 5) is 15.8. The van der Waals surface area contributed by atoms with Crippen LogP contribution in [0.3, 0.4) is 0 Å². The molecule has 5 heteroatoms. The van der Waals surface area contributed by atoms with Crippen molar-refractivity contribution in [2.24, 2.45) is 10.4 Å². The second-order valence-corrected chi connectivity index (χ2v) is 19.3. The average Bonchev–Trinajstić information content (AvgIpc) is 3.31. The highest BCUT2D eigenvalue weighted by Gasteiger charge is 2.59. The van der Waals surface area contributed by atoms with Crippen molar-refractivity contribution in [3.63, 3.8) is 0 Å². The Kier molecular flexibility index (Phi) is 8.94. The highest BCUT2D eigenvalue weighted by Crippen LogP contribution is 2.54. The third-order valence-electron chi connectivity index (χ3n) is 13.3. The molecule has 1 saturated carbocycles. The third kappa shape index (κ3) is 6.07. The van der Waals surface area contributed by atoms with Gasteiger partial charge in [-0.25, -0.2) is 4.98 Å². The summed E-state index contributed by atoms with van der Waals surface area (Å²) in [5.74, 6) is 3.72. The van der Waals surface area contributed by atoms with Gasteiger partial charge in [0, 0.05) is 29.3 Å². The molecule has 0 bridgehead atoms. The minimum Gasteiger partial charge on any atom is -0.457 e. The molecule has 2 aliphatic heterocycles. The molecule has 3 aromatic carbocycles. The molecule has 280 valence electrons. The Morgan fingerprint density at radius 1 is 0.736 bits per heavy atom. The molecule has 0 saturated heterocycles. The van der Waals surface area contributed by atoms with Crippen LogP contribution in [0.4, 0.5) is 17.2 Å². The fraction of sp³-hybridized carbons (Fsp3) is 0.500. The lowest BCUT2D eigenvalue weighted by molar-refractivity contribution is 0.0331. The lowest BCUT2D eigenvalue weighted by Crippen LogP contribution is -2.62. The summed E-state index contributed by atoms with van der Waals surface area (Å²) in [5.41, 5.74) is 8.93. The van der Waals surface area contributed by atoms with E-state index in [4.69, 9.17) is 14.7 Å². The molecule has 1 atom stereocenters. The van der Waals surface area contributed by atoms with Crippen molar-refractivity contribution in [1.29, 1.82) is 0 Å².